The van der Waals surface area contributed by atoms with E-state index in [2.05, 4.69) is 62.5 Å². The normalized spacial score (nSPS) is 15.5. The van der Waals surface area contributed by atoms with Crippen LogP contribution >= 0.6 is 25.3 Å². The van der Waals surface area contributed by atoms with Crippen LogP contribution in [0.5, 0.6) is 0 Å². The number of aliphatic hydroxyl groups is 1. The molecule has 0 bridgehead atoms. The highest BCUT2D eigenvalue weighted by molar-refractivity contribution is 7.80. The van der Waals surface area contributed by atoms with Gasteiger partial charge in [-0.05, 0) is 25.2 Å². The number of carboxylic acids is 3. The molecular formula is C31H51N7O14S2. The Labute approximate surface area is 322 Å². The van der Waals surface area contributed by atoms with Crippen molar-refractivity contribution in [1.29, 1.82) is 0 Å². The van der Waals surface area contributed by atoms with E-state index in [0.717, 1.165) is 13.8 Å². The minimum absolute atomic E-state index is 0.246. The average molecular weight is 810 g/mol. The number of amides is 7. The zero-order chi connectivity index (χ0) is 42.0. The number of hydrogen-bond donors (Lipinski definition) is 13. The molecule has 0 aliphatic heterocycles. The van der Waals surface area contributed by atoms with Crippen molar-refractivity contribution in [2.45, 2.75) is 109 Å². The number of aliphatic hydroxyl groups excluding tert-OH is 1. The molecule has 0 aromatic rings. The molecule has 0 fully saturated rings. The van der Waals surface area contributed by atoms with Crippen LogP contribution in [0.1, 0.15) is 60.8 Å². The van der Waals surface area contributed by atoms with Crippen LogP contribution in [0, 0.1) is 11.8 Å². The van der Waals surface area contributed by atoms with E-state index in [1.54, 1.807) is 13.8 Å². The van der Waals surface area contributed by atoms with Crippen LogP contribution in [0.15, 0.2) is 0 Å². The first-order valence-electron chi connectivity index (χ1n) is 16.6. The molecule has 54 heavy (non-hydrogen) atoms. The van der Waals surface area contributed by atoms with Gasteiger partial charge in [-0.25, -0.2) is 4.79 Å². The summed E-state index contributed by atoms with van der Waals surface area (Å²) in [5.41, 5.74) is 0. The Bertz CT molecular complexity index is 1400. The van der Waals surface area contributed by atoms with Crippen molar-refractivity contribution in [3.05, 3.63) is 0 Å². The van der Waals surface area contributed by atoms with E-state index in [1.165, 1.54) is 13.8 Å². The summed E-state index contributed by atoms with van der Waals surface area (Å²) in [4.78, 5) is 125. The van der Waals surface area contributed by atoms with Crippen molar-refractivity contribution in [3.63, 3.8) is 0 Å². The molecule has 0 rings (SSSR count). The van der Waals surface area contributed by atoms with Crippen LogP contribution in [0.3, 0.4) is 0 Å². The molecule has 11 N–H and O–H groups in total. The Hall–Kier alpha value is -4.64. The molecule has 0 spiro atoms. The maximum absolute atomic E-state index is 13.5. The summed E-state index contributed by atoms with van der Waals surface area (Å²) in [5.74, 6) is -13.0. The second-order valence-electron chi connectivity index (χ2n) is 12.9. The molecule has 0 aromatic heterocycles. The van der Waals surface area contributed by atoms with Gasteiger partial charge in [-0.1, -0.05) is 27.7 Å². The fourth-order valence-electron chi connectivity index (χ4n) is 4.56. The van der Waals surface area contributed by atoms with Gasteiger partial charge in [-0.15, -0.1) is 0 Å². The Balaban J connectivity index is 6.18. The van der Waals surface area contributed by atoms with E-state index in [0.29, 0.717) is 0 Å². The molecular weight excluding hydrogens is 759 g/mol. The van der Waals surface area contributed by atoms with E-state index >= 15 is 0 Å². The van der Waals surface area contributed by atoms with Gasteiger partial charge in [0.05, 0.1) is 12.5 Å². The van der Waals surface area contributed by atoms with Gasteiger partial charge in [0.2, 0.25) is 41.4 Å². The van der Waals surface area contributed by atoms with Gasteiger partial charge < -0.3 is 57.6 Å². The van der Waals surface area contributed by atoms with E-state index < -0.39 is 139 Å². The van der Waals surface area contributed by atoms with Crippen molar-refractivity contribution in [2.24, 2.45) is 11.8 Å². The lowest BCUT2D eigenvalue weighted by atomic mass is 9.99. The number of hydrogen-bond acceptors (Lipinski definition) is 13. The summed E-state index contributed by atoms with van der Waals surface area (Å²) < 4.78 is 0. The highest BCUT2D eigenvalue weighted by Gasteiger charge is 2.36. The fourth-order valence-corrected chi connectivity index (χ4v) is 5.06. The highest BCUT2D eigenvalue weighted by Crippen LogP contribution is 2.10. The van der Waals surface area contributed by atoms with E-state index in [-0.39, 0.29) is 11.5 Å². The van der Waals surface area contributed by atoms with Gasteiger partial charge in [-0.3, -0.25) is 43.2 Å². The Morgan fingerprint density at radius 1 is 0.500 bits per heavy atom. The molecule has 0 aliphatic rings. The number of aliphatic carboxylic acids is 3. The molecule has 0 aromatic carbocycles. The van der Waals surface area contributed by atoms with Crippen LogP contribution in [0.4, 0.5) is 0 Å². The first-order valence-corrected chi connectivity index (χ1v) is 17.9. The third-order valence-corrected chi connectivity index (χ3v) is 8.25. The molecule has 0 heterocycles. The number of rotatable bonds is 24. The van der Waals surface area contributed by atoms with Crippen LogP contribution in [0.25, 0.3) is 0 Å². The summed E-state index contributed by atoms with van der Waals surface area (Å²) in [6.07, 6.45) is -3.72. The lowest BCUT2D eigenvalue weighted by Gasteiger charge is -2.29. The summed E-state index contributed by atoms with van der Waals surface area (Å²) in [6.45, 7) is 8.35. The SMILES string of the molecule is CC(=O)N[C@H](C(=O)N[C@@H](CCC(=O)O)C(=O)N[C@@H](CC(=O)O)C(=O)N[C@H](C(=O)N[C@H](C(=O)N[C@@H](CS)C(=O)N[C@@H](CS)C(=O)O)C(C)C)C(C)C)[C@@H](C)O. The number of carbonyl (C=O) groups excluding carboxylic acids is 7. The van der Waals surface area contributed by atoms with Gasteiger partial charge in [0.25, 0.3) is 0 Å². The summed E-state index contributed by atoms with van der Waals surface area (Å²) >= 11 is 7.92. The predicted molar refractivity (Wildman–Crippen MR) is 195 cm³/mol. The lowest BCUT2D eigenvalue weighted by Crippen LogP contribution is -2.62. The predicted octanol–water partition coefficient (Wildman–Crippen LogP) is -3.62. The van der Waals surface area contributed by atoms with E-state index in [1.807, 2.05) is 0 Å². The van der Waals surface area contributed by atoms with Gasteiger partial charge in [0.1, 0.15) is 42.3 Å². The summed E-state index contributed by atoms with van der Waals surface area (Å²) in [7, 11) is 0. The van der Waals surface area contributed by atoms with Gasteiger partial charge in [0, 0.05) is 24.9 Å². The van der Waals surface area contributed by atoms with Crippen molar-refractivity contribution < 1.29 is 68.4 Å². The standard InChI is InChI=1S/C31H51N7O14S2/c1-12(2)22(28(48)35-18(10-53)27(47)36-19(11-54)31(51)52)38-29(49)23(13(3)4)37-26(46)17(9-21(43)44)34-25(45)16(7-8-20(41)42)33-30(50)24(14(5)39)32-15(6)40/h12-14,16-19,22-24,39,53-54H,7-11H2,1-6H3,(H,32,40)(H,33,50)(H,34,45)(H,35,48)(H,36,47)(H,37,46)(H,38,49)(H,41,42)(H,43,44)(H,51,52)/t14-,16+,17+,18+,19+,22+,23+,24+/m1/s1. The zero-order valence-electron chi connectivity index (χ0n) is 30.6. The maximum atomic E-state index is 13.5. The molecule has 306 valence electrons. The molecule has 23 heteroatoms. The average Bonchev–Trinajstić information content (AvgIpc) is 3.05. The number of carboxylic acid groups (broad SMARTS) is 3. The van der Waals surface area contributed by atoms with Crippen molar-refractivity contribution in [3.8, 4) is 0 Å². The maximum Gasteiger partial charge on any atom is 0.327 e. The van der Waals surface area contributed by atoms with E-state index in [4.69, 9.17) is 5.11 Å². The Kier molecular flexibility index (Phi) is 21.9. The topological polar surface area (TPSA) is 336 Å². The smallest absolute Gasteiger partial charge is 0.327 e. The molecule has 7 amide bonds. The minimum Gasteiger partial charge on any atom is -0.481 e. The van der Waals surface area contributed by atoms with Crippen molar-refractivity contribution in [2.75, 3.05) is 11.5 Å². The molecule has 0 unspecified atom stereocenters. The third kappa shape index (κ3) is 17.5. The largest absolute Gasteiger partial charge is 0.481 e. The second kappa shape index (κ2) is 23.9. The minimum atomic E-state index is -1.89. The number of nitrogens with one attached hydrogen (secondary N) is 7. The first kappa shape index (κ1) is 49.4. The van der Waals surface area contributed by atoms with E-state index in [9.17, 15) is 63.3 Å². The van der Waals surface area contributed by atoms with Crippen LogP contribution < -0.4 is 37.2 Å². The quantitative estimate of drug-likeness (QED) is 0.0419. The van der Waals surface area contributed by atoms with Gasteiger partial charge >= 0.3 is 17.9 Å². The van der Waals surface area contributed by atoms with Gasteiger partial charge in [-0.2, -0.15) is 25.3 Å². The monoisotopic (exact) mass is 809 g/mol. The van der Waals surface area contributed by atoms with Crippen LogP contribution in [-0.4, -0.2) is 140 Å². The molecule has 0 saturated carbocycles. The molecule has 0 aliphatic carbocycles. The van der Waals surface area contributed by atoms with Crippen molar-refractivity contribution in [1.82, 2.24) is 37.2 Å². The Morgan fingerprint density at radius 2 is 0.889 bits per heavy atom. The van der Waals surface area contributed by atoms with Crippen LogP contribution in [0.2, 0.25) is 0 Å². The fraction of sp³-hybridized carbons (Fsp3) is 0.677. The summed E-state index contributed by atoms with van der Waals surface area (Å²) in [6, 6.07) is -10.6. The lowest BCUT2D eigenvalue weighted by molar-refractivity contribution is -0.142. The number of thiol groups is 2. The Morgan fingerprint density at radius 3 is 1.30 bits per heavy atom. The first-order chi connectivity index (χ1) is 25.0. The van der Waals surface area contributed by atoms with Gasteiger partial charge in [0.15, 0.2) is 0 Å². The second-order valence-corrected chi connectivity index (χ2v) is 13.6. The molecule has 8 atom stereocenters. The third-order valence-electron chi connectivity index (χ3n) is 7.52. The zero-order valence-corrected chi connectivity index (χ0v) is 32.4. The van der Waals surface area contributed by atoms with Crippen LogP contribution in [-0.2, 0) is 47.9 Å². The molecule has 21 nitrogen and oxygen atoms in total. The highest BCUT2D eigenvalue weighted by atomic mass is 32.1. The molecule has 0 saturated heterocycles. The van der Waals surface area contributed by atoms with Crippen molar-refractivity contribution >= 4 is 84.5 Å². The molecule has 0 radical (unpaired) electrons. The number of carbonyl (C=O) groups is 10. The summed E-state index contributed by atoms with van der Waals surface area (Å²) in [5, 5.41) is 53.7.